The standard InChI is InChI=1S/C15H8Br2O3/c16-11-6-8(7-12(17)14(11)18)5-10-9-3-1-2-4-13(9)20-15(10)19/h1-7,18H/b10-5+. The van der Waals surface area contributed by atoms with Crippen LogP contribution < -0.4 is 4.74 Å². The van der Waals surface area contributed by atoms with Crippen molar-refractivity contribution in [1.29, 1.82) is 0 Å². The van der Waals surface area contributed by atoms with Gasteiger partial charge in [-0.1, -0.05) is 18.2 Å². The summed E-state index contributed by atoms with van der Waals surface area (Å²) in [6.07, 6.45) is 1.74. The van der Waals surface area contributed by atoms with Crippen LogP contribution in [0.25, 0.3) is 11.6 Å². The molecule has 0 aromatic heterocycles. The van der Waals surface area contributed by atoms with E-state index in [1.807, 2.05) is 18.2 Å². The quantitative estimate of drug-likeness (QED) is 0.443. The maximum Gasteiger partial charge on any atom is 0.344 e. The van der Waals surface area contributed by atoms with E-state index in [0.29, 0.717) is 20.3 Å². The molecule has 2 aromatic carbocycles. The molecule has 0 saturated heterocycles. The first-order valence-electron chi connectivity index (χ1n) is 5.77. The number of aromatic hydroxyl groups is 1. The number of halogens is 2. The minimum atomic E-state index is -0.369. The summed E-state index contributed by atoms with van der Waals surface area (Å²) in [5.74, 6) is 0.328. The molecule has 3 rings (SSSR count). The van der Waals surface area contributed by atoms with Gasteiger partial charge in [0.15, 0.2) is 0 Å². The van der Waals surface area contributed by atoms with Crippen molar-refractivity contribution in [1.82, 2.24) is 0 Å². The van der Waals surface area contributed by atoms with Crippen LogP contribution in [-0.2, 0) is 4.79 Å². The van der Waals surface area contributed by atoms with Crippen LogP contribution in [0.1, 0.15) is 11.1 Å². The number of phenols is 1. The third-order valence-corrected chi connectivity index (χ3v) is 4.16. The van der Waals surface area contributed by atoms with Gasteiger partial charge >= 0.3 is 5.97 Å². The zero-order valence-electron chi connectivity index (χ0n) is 10.1. The molecule has 0 amide bonds. The number of carbonyl (C=O) groups excluding carboxylic acids is 1. The Balaban J connectivity index is 2.11. The summed E-state index contributed by atoms with van der Waals surface area (Å²) in [5, 5.41) is 9.70. The summed E-state index contributed by atoms with van der Waals surface area (Å²) in [6.45, 7) is 0. The SMILES string of the molecule is O=C1Oc2ccccc2/C1=C\c1cc(Br)c(O)c(Br)c1. The van der Waals surface area contributed by atoms with Crippen LogP contribution in [-0.4, -0.2) is 11.1 Å². The number of phenolic OH excluding ortho intramolecular Hbond substituents is 1. The first-order chi connectivity index (χ1) is 9.56. The Kier molecular flexibility index (Phi) is 3.40. The van der Waals surface area contributed by atoms with E-state index >= 15 is 0 Å². The molecule has 1 aliphatic rings. The monoisotopic (exact) mass is 394 g/mol. The van der Waals surface area contributed by atoms with E-state index in [-0.39, 0.29) is 11.7 Å². The van der Waals surface area contributed by atoms with Crippen LogP contribution in [0.3, 0.4) is 0 Å². The lowest BCUT2D eigenvalue weighted by Crippen LogP contribution is -2.00. The van der Waals surface area contributed by atoms with Crippen LogP contribution in [0.15, 0.2) is 45.3 Å². The highest BCUT2D eigenvalue weighted by molar-refractivity contribution is 9.11. The van der Waals surface area contributed by atoms with Gasteiger partial charge in [-0.05, 0) is 61.7 Å². The molecule has 0 spiro atoms. The number of ether oxygens (including phenoxy) is 1. The van der Waals surface area contributed by atoms with Crippen molar-refractivity contribution in [2.75, 3.05) is 0 Å². The lowest BCUT2D eigenvalue weighted by atomic mass is 10.0. The van der Waals surface area contributed by atoms with E-state index in [1.165, 1.54) is 0 Å². The average molecular weight is 396 g/mol. The highest BCUT2D eigenvalue weighted by Crippen LogP contribution is 2.37. The fourth-order valence-corrected chi connectivity index (χ4v) is 3.24. The van der Waals surface area contributed by atoms with E-state index in [4.69, 9.17) is 4.74 Å². The van der Waals surface area contributed by atoms with E-state index in [1.54, 1.807) is 24.3 Å². The van der Waals surface area contributed by atoms with E-state index in [2.05, 4.69) is 31.9 Å². The van der Waals surface area contributed by atoms with E-state index in [0.717, 1.165) is 11.1 Å². The van der Waals surface area contributed by atoms with E-state index < -0.39 is 0 Å². The fourth-order valence-electron chi connectivity index (χ4n) is 2.01. The molecule has 0 atom stereocenters. The number of fused-ring (bicyclic) bond motifs is 1. The minimum absolute atomic E-state index is 0.126. The van der Waals surface area contributed by atoms with Crippen molar-refractivity contribution >= 4 is 49.5 Å². The Morgan fingerprint density at radius 2 is 1.75 bits per heavy atom. The van der Waals surface area contributed by atoms with Crippen molar-refractivity contribution in [2.45, 2.75) is 0 Å². The van der Waals surface area contributed by atoms with Crippen LogP contribution >= 0.6 is 31.9 Å². The van der Waals surface area contributed by atoms with Crippen molar-refractivity contribution < 1.29 is 14.6 Å². The van der Waals surface area contributed by atoms with Crippen LogP contribution in [0, 0.1) is 0 Å². The summed E-state index contributed by atoms with van der Waals surface area (Å²) in [4.78, 5) is 11.9. The molecule has 1 aliphatic heterocycles. The van der Waals surface area contributed by atoms with Gasteiger partial charge < -0.3 is 9.84 Å². The number of hydrogen-bond donors (Lipinski definition) is 1. The molecule has 0 aliphatic carbocycles. The van der Waals surface area contributed by atoms with Gasteiger partial charge in [-0.3, -0.25) is 0 Å². The maximum absolute atomic E-state index is 11.9. The zero-order valence-corrected chi connectivity index (χ0v) is 13.2. The van der Waals surface area contributed by atoms with Gasteiger partial charge in [0, 0.05) is 5.56 Å². The van der Waals surface area contributed by atoms with Crippen molar-refractivity contribution in [3.63, 3.8) is 0 Å². The summed E-state index contributed by atoms with van der Waals surface area (Å²) < 4.78 is 6.30. The Bertz CT molecular complexity index is 728. The molecule has 5 heteroatoms. The topological polar surface area (TPSA) is 46.5 Å². The molecule has 1 heterocycles. The Hall–Kier alpha value is -1.59. The van der Waals surface area contributed by atoms with Crippen molar-refractivity contribution in [2.24, 2.45) is 0 Å². The molecule has 0 radical (unpaired) electrons. The number of para-hydroxylation sites is 1. The second-order valence-electron chi connectivity index (χ2n) is 4.28. The highest BCUT2D eigenvalue weighted by Gasteiger charge is 2.26. The summed E-state index contributed by atoms with van der Waals surface area (Å²) in [7, 11) is 0. The van der Waals surface area contributed by atoms with Crippen LogP contribution in [0.5, 0.6) is 11.5 Å². The van der Waals surface area contributed by atoms with Gasteiger partial charge in [-0.15, -0.1) is 0 Å². The van der Waals surface area contributed by atoms with Crippen molar-refractivity contribution in [3.8, 4) is 11.5 Å². The number of carbonyl (C=O) groups is 1. The van der Waals surface area contributed by atoms with Gasteiger partial charge in [-0.25, -0.2) is 4.79 Å². The zero-order chi connectivity index (χ0) is 14.3. The third kappa shape index (κ3) is 2.27. The minimum Gasteiger partial charge on any atom is -0.506 e. The molecule has 0 bridgehead atoms. The predicted octanol–water partition coefficient (Wildman–Crippen LogP) is 4.38. The van der Waals surface area contributed by atoms with Gasteiger partial charge in [0.25, 0.3) is 0 Å². The molecule has 1 N–H and O–H groups in total. The molecule has 2 aromatic rings. The van der Waals surface area contributed by atoms with Gasteiger partial charge in [0.2, 0.25) is 0 Å². The van der Waals surface area contributed by atoms with Crippen LogP contribution in [0.4, 0.5) is 0 Å². The lowest BCUT2D eigenvalue weighted by molar-refractivity contribution is -0.126. The van der Waals surface area contributed by atoms with Gasteiger partial charge in [-0.2, -0.15) is 0 Å². The Labute approximate surface area is 132 Å². The molecular weight excluding hydrogens is 388 g/mol. The lowest BCUT2D eigenvalue weighted by Gasteiger charge is -2.03. The molecular formula is C15H8Br2O3. The first-order valence-corrected chi connectivity index (χ1v) is 7.36. The Morgan fingerprint density at radius 1 is 1.10 bits per heavy atom. The smallest absolute Gasteiger partial charge is 0.344 e. The largest absolute Gasteiger partial charge is 0.506 e. The summed E-state index contributed by atoms with van der Waals surface area (Å²) in [5.41, 5.74) is 2.06. The molecule has 0 unspecified atom stereocenters. The number of rotatable bonds is 1. The molecule has 0 fully saturated rings. The van der Waals surface area contributed by atoms with Crippen LogP contribution in [0.2, 0.25) is 0 Å². The first kappa shape index (κ1) is 13.4. The number of benzene rings is 2. The number of esters is 1. The average Bonchev–Trinajstić information content (AvgIpc) is 2.73. The third-order valence-electron chi connectivity index (χ3n) is 2.95. The predicted molar refractivity (Wildman–Crippen MR) is 83.5 cm³/mol. The molecule has 100 valence electrons. The second-order valence-corrected chi connectivity index (χ2v) is 5.99. The fraction of sp³-hybridized carbons (Fsp3) is 0. The Morgan fingerprint density at radius 3 is 2.45 bits per heavy atom. The van der Waals surface area contributed by atoms with Crippen molar-refractivity contribution in [3.05, 3.63) is 56.5 Å². The maximum atomic E-state index is 11.9. The van der Waals surface area contributed by atoms with Gasteiger partial charge in [0.1, 0.15) is 11.5 Å². The normalized spacial score (nSPS) is 15.3. The van der Waals surface area contributed by atoms with Gasteiger partial charge in [0.05, 0.1) is 14.5 Å². The number of hydrogen-bond acceptors (Lipinski definition) is 3. The summed E-state index contributed by atoms with van der Waals surface area (Å²) >= 11 is 6.54. The summed E-state index contributed by atoms with van der Waals surface area (Å²) in [6, 6.07) is 10.8. The molecule has 3 nitrogen and oxygen atoms in total. The molecule has 0 saturated carbocycles. The highest BCUT2D eigenvalue weighted by atomic mass is 79.9. The van der Waals surface area contributed by atoms with E-state index in [9.17, 15) is 9.90 Å². The second kappa shape index (κ2) is 5.07. The molecule has 20 heavy (non-hydrogen) atoms.